The van der Waals surface area contributed by atoms with Crippen molar-refractivity contribution in [3.8, 4) is 0 Å². The third kappa shape index (κ3) is 3.46. The molecule has 0 saturated carbocycles. The molecule has 1 amide bonds. The maximum absolute atomic E-state index is 11.7. The summed E-state index contributed by atoms with van der Waals surface area (Å²) in [7, 11) is -1.49. The number of likely N-dealkylation sites (tertiary alicyclic amines) is 1. The van der Waals surface area contributed by atoms with Crippen molar-refractivity contribution in [1.29, 1.82) is 0 Å². The van der Waals surface area contributed by atoms with Crippen molar-refractivity contribution < 1.29 is 13.7 Å². The molecule has 2 unspecified atom stereocenters. The van der Waals surface area contributed by atoms with E-state index in [2.05, 4.69) is 0 Å². The van der Waals surface area contributed by atoms with Crippen LogP contribution in [0, 0.1) is 0 Å². The highest BCUT2D eigenvalue weighted by molar-refractivity contribution is 7.83. The first-order chi connectivity index (χ1) is 6.81. The highest BCUT2D eigenvalue weighted by atomic mass is 32.2. The minimum absolute atomic E-state index is 0.389. The number of amides is 1. The van der Waals surface area contributed by atoms with Crippen LogP contribution >= 0.6 is 0 Å². The third-order valence-electron chi connectivity index (χ3n) is 2.09. The van der Waals surface area contributed by atoms with Crippen molar-refractivity contribution in [3.63, 3.8) is 0 Å². The van der Waals surface area contributed by atoms with Crippen LogP contribution in [-0.2, 0) is 15.7 Å². The SMILES string of the molecule is CC(C)(C)OC(=O)N1CCCC1S(N)=O. The van der Waals surface area contributed by atoms with Crippen molar-refractivity contribution in [2.24, 2.45) is 5.14 Å². The summed E-state index contributed by atoms with van der Waals surface area (Å²) < 4.78 is 16.4. The van der Waals surface area contributed by atoms with Gasteiger partial charge in [-0.25, -0.2) is 14.1 Å². The van der Waals surface area contributed by atoms with Gasteiger partial charge < -0.3 is 4.74 Å². The van der Waals surface area contributed by atoms with E-state index in [-0.39, 0.29) is 5.37 Å². The van der Waals surface area contributed by atoms with E-state index in [0.717, 1.165) is 6.42 Å². The molecule has 1 aliphatic rings. The number of carbonyl (C=O) groups excluding carboxylic acids is 1. The number of rotatable bonds is 1. The van der Waals surface area contributed by atoms with Gasteiger partial charge in [-0.3, -0.25) is 4.90 Å². The van der Waals surface area contributed by atoms with E-state index in [0.29, 0.717) is 13.0 Å². The van der Waals surface area contributed by atoms with Crippen LogP contribution in [0.15, 0.2) is 0 Å². The van der Waals surface area contributed by atoms with Gasteiger partial charge in [-0.1, -0.05) is 0 Å². The molecule has 0 aliphatic carbocycles. The van der Waals surface area contributed by atoms with Crippen molar-refractivity contribution in [1.82, 2.24) is 4.90 Å². The predicted octanol–water partition coefficient (Wildman–Crippen LogP) is 0.966. The van der Waals surface area contributed by atoms with Gasteiger partial charge in [0.25, 0.3) is 0 Å². The summed E-state index contributed by atoms with van der Waals surface area (Å²) in [6, 6.07) is 0. The van der Waals surface area contributed by atoms with Gasteiger partial charge in [-0.05, 0) is 33.6 Å². The fourth-order valence-electron chi connectivity index (χ4n) is 1.51. The first-order valence-corrected chi connectivity index (χ1v) is 6.23. The lowest BCUT2D eigenvalue weighted by Crippen LogP contribution is -2.43. The van der Waals surface area contributed by atoms with E-state index in [1.54, 1.807) is 20.8 Å². The second-order valence-corrected chi connectivity index (χ2v) is 5.80. The molecule has 1 heterocycles. The predicted molar refractivity (Wildman–Crippen MR) is 58.3 cm³/mol. The van der Waals surface area contributed by atoms with Crippen LogP contribution in [0.5, 0.6) is 0 Å². The lowest BCUT2D eigenvalue weighted by molar-refractivity contribution is 0.0274. The van der Waals surface area contributed by atoms with Gasteiger partial charge in [-0.15, -0.1) is 0 Å². The molecule has 0 aromatic rings. The van der Waals surface area contributed by atoms with Crippen LogP contribution in [0.2, 0.25) is 0 Å². The molecule has 2 atom stereocenters. The second kappa shape index (κ2) is 4.49. The van der Waals surface area contributed by atoms with Gasteiger partial charge in [0.2, 0.25) is 0 Å². The van der Waals surface area contributed by atoms with E-state index >= 15 is 0 Å². The minimum atomic E-state index is -1.49. The molecule has 88 valence electrons. The summed E-state index contributed by atoms with van der Waals surface area (Å²) in [6.45, 7) is 5.97. The van der Waals surface area contributed by atoms with Gasteiger partial charge in [0, 0.05) is 6.54 Å². The molecule has 5 nitrogen and oxygen atoms in total. The van der Waals surface area contributed by atoms with Crippen molar-refractivity contribution in [3.05, 3.63) is 0 Å². The Balaban J connectivity index is 2.63. The van der Waals surface area contributed by atoms with E-state index in [1.807, 2.05) is 0 Å². The van der Waals surface area contributed by atoms with Crippen LogP contribution in [-0.4, -0.2) is 32.7 Å². The molecule has 6 heteroatoms. The van der Waals surface area contributed by atoms with Gasteiger partial charge in [0.15, 0.2) is 0 Å². The molecule has 15 heavy (non-hydrogen) atoms. The minimum Gasteiger partial charge on any atom is -0.444 e. The van der Waals surface area contributed by atoms with Crippen LogP contribution in [0.1, 0.15) is 33.6 Å². The molecule has 0 radical (unpaired) electrons. The van der Waals surface area contributed by atoms with E-state index in [9.17, 15) is 9.00 Å². The Labute approximate surface area is 92.5 Å². The lowest BCUT2D eigenvalue weighted by atomic mass is 10.2. The average molecular weight is 234 g/mol. The number of nitrogens with zero attached hydrogens (tertiary/aromatic N) is 1. The molecular formula is C9H18N2O3S. The fraction of sp³-hybridized carbons (Fsp3) is 0.889. The molecule has 1 rings (SSSR count). The van der Waals surface area contributed by atoms with Crippen LogP contribution < -0.4 is 5.14 Å². The van der Waals surface area contributed by atoms with Crippen LogP contribution in [0.25, 0.3) is 0 Å². The quantitative estimate of drug-likeness (QED) is 0.734. The zero-order chi connectivity index (χ0) is 11.6. The van der Waals surface area contributed by atoms with E-state index in [1.165, 1.54) is 4.90 Å². The fourth-order valence-corrected chi connectivity index (χ4v) is 2.35. The largest absolute Gasteiger partial charge is 0.444 e. The number of nitrogens with two attached hydrogens (primary N) is 1. The highest BCUT2D eigenvalue weighted by Gasteiger charge is 2.34. The summed E-state index contributed by atoms with van der Waals surface area (Å²) in [5, 5.41) is 4.92. The Hall–Kier alpha value is -0.620. The van der Waals surface area contributed by atoms with Gasteiger partial charge in [0.1, 0.15) is 22.0 Å². The van der Waals surface area contributed by atoms with Gasteiger partial charge in [-0.2, -0.15) is 0 Å². The van der Waals surface area contributed by atoms with Crippen molar-refractivity contribution in [2.45, 2.75) is 44.6 Å². The summed E-state index contributed by atoms with van der Waals surface area (Å²) in [4.78, 5) is 13.1. The Kier molecular flexibility index (Phi) is 3.72. The summed E-state index contributed by atoms with van der Waals surface area (Å²) in [6.07, 6.45) is 1.08. The summed E-state index contributed by atoms with van der Waals surface area (Å²) >= 11 is 0. The second-order valence-electron chi connectivity index (χ2n) is 4.60. The molecule has 0 aromatic heterocycles. The molecule has 0 aromatic carbocycles. The first kappa shape index (κ1) is 12.4. The standard InChI is InChI=1S/C9H18N2O3S/c1-9(2,3)14-8(12)11-6-4-5-7(11)15(10)13/h7H,4-6,10H2,1-3H3. The number of carbonyl (C=O) groups is 1. The molecule has 1 aliphatic heterocycles. The topological polar surface area (TPSA) is 72.6 Å². The summed E-state index contributed by atoms with van der Waals surface area (Å²) in [5.41, 5.74) is -0.527. The van der Waals surface area contributed by atoms with Gasteiger partial charge >= 0.3 is 6.09 Å². The molecule has 0 spiro atoms. The van der Waals surface area contributed by atoms with Crippen molar-refractivity contribution >= 4 is 17.1 Å². The van der Waals surface area contributed by atoms with E-state index in [4.69, 9.17) is 9.88 Å². The molecule has 1 saturated heterocycles. The highest BCUT2D eigenvalue weighted by Crippen LogP contribution is 2.21. The number of hydrogen-bond acceptors (Lipinski definition) is 3. The Bertz CT molecular complexity index is 275. The van der Waals surface area contributed by atoms with Crippen LogP contribution in [0.3, 0.4) is 0 Å². The summed E-state index contributed by atoms with van der Waals surface area (Å²) in [5.74, 6) is 0. The molecule has 1 fully saturated rings. The van der Waals surface area contributed by atoms with E-state index < -0.39 is 22.7 Å². The number of ether oxygens (including phenoxy) is 1. The first-order valence-electron chi connectivity index (χ1n) is 4.96. The maximum atomic E-state index is 11.7. The van der Waals surface area contributed by atoms with Gasteiger partial charge in [0.05, 0.1) is 0 Å². The Morgan fingerprint density at radius 1 is 1.53 bits per heavy atom. The Morgan fingerprint density at radius 3 is 2.60 bits per heavy atom. The zero-order valence-electron chi connectivity index (χ0n) is 9.36. The molecule has 0 bridgehead atoms. The number of hydrogen-bond donors (Lipinski definition) is 1. The van der Waals surface area contributed by atoms with Crippen molar-refractivity contribution in [2.75, 3.05) is 6.54 Å². The monoisotopic (exact) mass is 234 g/mol. The third-order valence-corrected chi connectivity index (χ3v) is 3.12. The lowest BCUT2D eigenvalue weighted by Gasteiger charge is -2.27. The maximum Gasteiger partial charge on any atom is 0.411 e. The molecular weight excluding hydrogens is 216 g/mol. The zero-order valence-corrected chi connectivity index (χ0v) is 10.2. The molecule has 2 N–H and O–H groups in total. The normalized spacial score (nSPS) is 24.0. The van der Waals surface area contributed by atoms with Crippen LogP contribution in [0.4, 0.5) is 4.79 Å². The average Bonchev–Trinajstić information content (AvgIpc) is 2.47. The Morgan fingerprint density at radius 2 is 2.13 bits per heavy atom. The smallest absolute Gasteiger partial charge is 0.411 e.